The smallest absolute Gasteiger partial charge is 0.0477 e. The van der Waals surface area contributed by atoms with Gasteiger partial charge in [-0.25, -0.2) is 0 Å². The summed E-state index contributed by atoms with van der Waals surface area (Å²) in [4.78, 5) is 2.54. The van der Waals surface area contributed by atoms with Gasteiger partial charge in [-0.1, -0.05) is 6.92 Å². The molecule has 3 unspecified atom stereocenters. The van der Waals surface area contributed by atoms with Gasteiger partial charge in [-0.15, -0.1) is 11.6 Å². The molecule has 1 aliphatic rings. The molecule has 0 amide bonds. The van der Waals surface area contributed by atoms with E-state index >= 15 is 0 Å². The molecule has 3 heteroatoms. The maximum atomic E-state index is 6.00. The van der Waals surface area contributed by atoms with Crippen LogP contribution in [0.25, 0.3) is 0 Å². The molecule has 1 rings (SSSR count). The summed E-state index contributed by atoms with van der Waals surface area (Å²) in [5.74, 6) is 1.51. The molecular formula is C11H22ClNO. The lowest BCUT2D eigenvalue weighted by Crippen LogP contribution is -2.40. The number of hydrogen-bond donors (Lipinski definition) is 0. The number of alkyl halides is 1. The molecule has 14 heavy (non-hydrogen) atoms. The van der Waals surface area contributed by atoms with Crippen molar-refractivity contribution in [2.45, 2.75) is 38.8 Å². The van der Waals surface area contributed by atoms with Gasteiger partial charge in [0.15, 0.2) is 0 Å². The highest BCUT2D eigenvalue weighted by Gasteiger charge is 2.32. The Morgan fingerprint density at radius 1 is 1.57 bits per heavy atom. The lowest BCUT2D eigenvalue weighted by molar-refractivity contribution is 0.130. The molecule has 0 aromatic heterocycles. The Morgan fingerprint density at radius 2 is 2.29 bits per heavy atom. The third-order valence-corrected chi connectivity index (χ3v) is 3.71. The van der Waals surface area contributed by atoms with E-state index in [4.69, 9.17) is 16.3 Å². The first-order chi connectivity index (χ1) is 6.70. The molecule has 0 bridgehead atoms. The van der Waals surface area contributed by atoms with E-state index < -0.39 is 0 Å². The minimum Gasteiger partial charge on any atom is -0.385 e. The average Bonchev–Trinajstić information content (AvgIpc) is 2.55. The molecule has 0 aliphatic carbocycles. The molecule has 1 aliphatic heterocycles. The van der Waals surface area contributed by atoms with E-state index in [1.54, 1.807) is 7.11 Å². The molecule has 3 atom stereocenters. The molecule has 0 N–H and O–H groups in total. The van der Waals surface area contributed by atoms with Crippen LogP contribution in [0.15, 0.2) is 0 Å². The molecule has 1 heterocycles. The van der Waals surface area contributed by atoms with Gasteiger partial charge in [0.1, 0.15) is 0 Å². The maximum absolute atomic E-state index is 6.00. The molecule has 0 aromatic rings. The van der Waals surface area contributed by atoms with Gasteiger partial charge >= 0.3 is 0 Å². The molecule has 0 aromatic carbocycles. The summed E-state index contributed by atoms with van der Waals surface area (Å²) in [7, 11) is 1.76. The molecule has 84 valence electrons. The fourth-order valence-corrected chi connectivity index (χ4v) is 2.76. The minimum atomic E-state index is 0.573. The summed E-state index contributed by atoms with van der Waals surface area (Å²) in [6, 6.07) is 1.17. The van der Waals surface area contributed by atoms with E-state index in [9.17, 15) is 0 Å². The van der Waals surface area contributed by atoms with Gasteiger partial charge < -0.3 is 4.74 Å². The normalized spacial score (nSPS) is 30.9. The number of methoxy groups -OCH3 is 1. The van der Waals surface area contributed by atoms with Crippen molar-refractivity contribution in [1.82, 2.24) is 4.90 Å². The van der Waals surface area contributed by atoms with Gasteiger partial charge in [-0.2, -0.15) is 0 Å². The number of rotatable bonds is 5. The maximum Gasteiger partial charge on any atom is 0.0477 e. The van der Waals surface area contributed by atoms with Crippen LogP contribution in [-0.2, 0) is 4.74 Å². The van der Waals surface area contributed by atoms with Crippen LogP contribution in [0.3, 0.4) is 0 Å². The van der Waals surface area contributed by atoms with Crippen LogP contribution < -0.4 is 0 Å². The van der Waals surface area contributed by atoms with Crippen molar-refractivity contribution < 1.29 is 4.74 Å². The number of halogens is 1. The predicted octanol–water partition coefficient (Wildman–Crippen LogP) is 2.36. The van der Waals surface area contributed by atoms with Crippen molar-refractivity contribution in [2.75, 3.05) is 26.1 Å². The summed E-state index contributed by atoms with van der Waals surface area (Å²) in [6.45, 7) is 6.62. The summed E-state index contributed by atoms with van der Waals surface area (Å²) >= 11 is 6.00. The lowest BCUT2D eigenvalue weighted by atomic mass is 10.0. The molecule has 1 saturated heterocycles. The molecule has 0 saturated carbocycles. The van der Waals surface area contributed by atoms with Gasteiger partial charge in [0.2, 0.25) is 0 Å². The zero-order valence-electron chi connectivity index (χ0n) is 9.50. The second-order valence-electron chi connectivity index (χ2n) is 4.36. The van der Waals surface area contributed by atoms with Crippen LogP contribution in [-0.4, -0.2) is 43.1 Å². The molecule has 0 radical (unpaired) electrons. The van der Waals surface area contributed by atoms with E-state index in [0.29, 0.717) is 12.1 Å². The Morgan fingerprint density at radius 3 is 2.86 bits per heavy atom. The third-order valence-electron chi connectivity index (χ3n) is 3.39. The monoisotopic (exact) mass is 219 g/mol. The van der Waals surface area contributed by atoms with Crippen LogP contribution >= 0.6 is 11.6 Å². The summed E-state index contributed by atoms with van der Waals surface area (Å²) in [6.07, 6.45) is 2.39. The van der Waals surface area contributed by atoms with Crippen LogP contribution in [0.5, 0.6) is 0 Å². The number of likely N-dealkylation sites (tertiary alicyclic amines) is 1. The van der Waals surface area contributed by atoms with Gasteiger partial charge in [-0.05, 0) is 32.2 Å². The van der Waals surface area contributed by atoms with E-state index in [0.717, 1.165) is 24.8 Å². The summed E-state index contributed by atoms with van der Waals surface area (Å²) in [5, 5.41) is 0. The first-order valence-electron chi connectivity index (χ1n) is 5.51. The summed E-state index contributed by atoms with van der Waals surface area (Å²) in [5.41, 5.74) is 0. The first-order valence-corrected chi connectivity index (χ1v) is 6.04. The predicted molar refractivity (Wildman–Crippen MR) is 61.0 cm³/mol. The zero-order valence-corrected chi connectivity index (χ0v) is 10.3. The van der Waals surface area contributed by atoms with Crippen molar-refractivity contribution in [3.63, 3.8) is 0 Å². The first kappa shape index (κ1) is 12.3. The van der Waals surface area contributed by atoms with Crippen molar-refractivity contribution in [3.8, 4) is 0 Å². The van der Waals surface area contributed by atoms with E-state index in [2.05, 4.69) is 18.7 Å². The second kappa shape index (κ2) is 5.94. The van der Waals surface area contributed by atoms with Crippen LogP contribution in [0.1, 0.15) is 26.7 Å². The molecule has 2 nitrogen and oxygen atoms in total. The largest absolute Gasteiger partial charge is 0.385 e. The Hall–Kier alpha value is 0.210. The highest BCUT2D eigenvalue weighted by Crippen LogP contribution is 2.27. The van der Waals surface area contributed by atoms with Gasteiger partial charge in [-0.3, -0.25) is 4.90 Å². The zero-order chi connectivity index (χ0) is 10.6. The minimum absolute atomic E-state index is 0.573. The number of hydrogen-bond acceptors (Lipinski definition) is 2. The number of nitrogens with zero attached hydrogens (tertiary/aromatic N) is 1. The van der Waals surface area contributed by atoms with Crippen LogP contribution in [0, 0.1) is 5.92 Å². The third kappa shape index (κ3) is 2.85. The lowest BCUT2D eigenvalue weighted by Gasteiger charge is -2.30. The average molecular weight is 220 g/mol. The van der Waals surface area contributed by atoms with Crippen molar-refractivity contribution in [3.05, 3.63) is 0 Å². The molecular weight excluding hydrogens is 198 g/mol. The molecule has 0 spiro atoms. The van der Waals surface area contributed by atoms with Crippen molar-refractivity contribution in [1.29, 1.82) is 0 Å². The fourth-order valence-electron chi connectivity index (χ4n) is 2.28. The van der Waals surface area contributed by atoms with E-state index in [-0.39, 0.29) is 0 Å². The second-order valence-corrected chi connectivity index (χ2v) is 4.66. The topological polar surface area (TPSA) is 12.5 Å². The molecule has 1 fully saturated rings. The standard InChI is InChI=1S/C11H22ClNO/c1-9-4-6-13(11(9)8-12)10(2)5-7-14-3/h9-11H,4-8H2,1-3H3. The SMILES string of the molecule is COCCC(C)N1CCC(C)C1CCl. The Labute approximate surface area is 92.6 Å². The van der Waals surface area contributed by atoms with Gasteiger partial charge in [0.05, 0.1) is 0 Å². The Bertz CT molecular complexity index is 165. The Balaban J connectivity index is 2.42. The van der Waals surface area contributed by atoms with Crippen molar-refractivity contribution >= 4 is 11.6 Å². The fraction of sp³-hybridized carbons (Fsp3) is 1.00. The van der Waals surface area contributed by atoms with E-state index in [1.807, 2.05) is 0 Å². The van der Waals surface area contributed by atoms with Crippen LogP contribution in [0.2, 0.25) is 0 Å². The van der Waals surface area contributed by atoms with Crippen LogP contribution in [0.4, 0.5) is 0 Å². The highest BCUT2D eigenvalue weighted by atomic mass is 35.5. The highest BCUT2D eigenvalue weighted by molar-refractivity contribution is 6.18. The van der Waals surface area contributed by atoms with Crippen molar-refractivity contribution in [2.24, 2.45) is 5.92 Å². The Kier molecular flexibility index (Phi) is 5.21. The summed E-state index contributed by atoms with van der Waals surface area (Å²) < 4.78 is 5.11. The van der Waals surface area contributed by atoms with Gasteiger partial charge in [0, 0.05) is 31.7 Å². The quantitative estimate of drug-likeness (QED) is 0.659. The van der Waals surface area contributed by atoms with Gasteiger partial charge in [0.25, 0.3) is 0 Å². The number of ether oxygens (including phenoxy) is 1. The van der Waals surface area contributed by atoms with E-state index in [1.165, 1.54) is 13.0 Å².